The predicted molar refractivity (Wildman–Crippen MR) is 45.4 cm³/mol. The van der Waals surface area contributed by atoms with Gasteiger partial charge in [-0.25, -0.2) is 4.39 Å². The molecule has 0 aliphatic carbocycles. The number of nitrogen functional groups attached to an aromatic ring is 1. The summed E-state index contributed by atoms with van der Waals surface area (Å²) < 4.78 is 12.1. The number of hydrogen-bond acceptors (Lipinski definition) is 3. The Morgan fingerprint density at radius 2 is 2.17 bits per heavy atom. The third-order valence-corrected chi connectivity index (χ3v) is 1.65. The smallest absolute Gasteiger partial charge is 0.138 e. The van der Waals surface area contributed by atoms with Gasteiger partial charge >= 0.3 is 0 Å². The molecule has 1 aromatic rings. The zero-order valence-corrected chi connectivity index (χ0v) is 6.50. The van der Waals surface area contributed by atoms with Crippen LogP contribution >= 0.6 is 0 Å². The van der Waals surface area contributed by atoms with Gasteiger partial charge in [0.1, 0.15) is 12.4 Å². The molecule has 3 nitrogen and oxygen atoms in total. The summed E-state index contributed by atoms with van der Waals surface area (Å²) in [6.07, 6.45) is 0. The molecule has 0 saturated carbocycles. The zero-order valence-electron chi connectivity index (χ0n) is 6.50. The van der Waals surface area contributed by atoms with Gasteiger partial charge in [0, 0.05) is 0 Å². The van der Waals surface area contributed by atoms with Gasteiger partial charge in [-0.3, -0.25) is 0 Å². The van der Waals surface area contributed by atoms with Gasteiger partial charge in [-0.1, -0.05) is 6.07 Å². The zero-order chi connectivity index (χ0) is 9.14. The molecule has 1 unspecified atom stereocenters. The van der Waals surface area contributed by atoms with Crippen LogP contribution in [0.25, 0.3) is 0 Å². The van der Waals surface area contributed by atoms with Gasteiger partial charge < -0.3 is 16.6 Å². The standard InChI is InChI=1S/C8H11FN2O/c9-4-7(11)5-1-2-8(12)6(10)3-5/h1-3,7,12H,4,10-11H2. The highest BCUT2D eigenvalue weighted by molar-refractivity contribution is 5.53. The van der Waals surface area contributed by atoms with E-state index in [2.05, 4.69) is 0 Å². The first-order valence-electron chi connectivity index (χ1n) is 3.55. The number of anilines is 1. The summed E-state index contributed by atoms with van der Waals surface area (Å²) >= 11 is 0. The highest BCUT2D eigenvalue weighted by Crippen LogP contribution is 2.23. The lowest BCUT2D eigenvalue weighted by Gasteiger charge is -2.08. The van der Waals surface area contributed by atoms with Crippen molar-refractivity contribution >= 4 is 5.69 Å². The van der Waals surface area contributed by atoms with Gasteiger partial charge in [0.15, 0.2) is 0 Å². The van der Waals surface area contributed by atoms with Crippen molar-refractivity contribution in [1.29, 1.82) is 0 Å². The molecule has 0 amide bonds. The van der Waals surface area contributed by atoms with Gasteiger partial charge in [-0.05, 0) is 17.7 Å². The lowest BCUT2D eigenvalue weighted by Crippen LogP contribution is -2.12. The normalized spacial score (nSPS) is 12.8. The van der Waals surface area contributed by atoms with Crippen LogP contribution in [-0.4, -0.2) is 11.8 Å². The number of phenols is 1. The summed E-state index contributed by atoms with van der Waals surface area (Å²) in [5.74, 6) is -0.00944. The van der Waals surface area contributed by atoms with Crippen LogP contribution in [0.1, 0.15) is 11.6 Å². The monoisotopic (exact) mass is 170 g/mol. The van der Waals surface area contributed by atoms with Crippen molar-refractivity contribution in [2.45, 2.75) is 6.04 Å². The molecule has 5 N–H and O–H groups in total. The summed E-state index contributed by atoms with van der Waals surface area (Å²) in [6.45, 7) is -0.635. The van der Waals surface area contributed by atoms with Gasteiger partial charge in [-0.2, -0.15) is 0 Å². The fourth-order valence-corrected chi connectivity index (χ4v) is 0.893. The molecule has 0 heterocycles. The van der Waals surface area contributed by atoms with E-state index in [0.29, 0.717) is 5.56 Å². The van der Waals surface area contributed by atoms with Gasteiger partial charge in [-0.15, -0.1) is 0 Å². The van der Waals surface area contributed by atoms with Crippen LogP contribution in [0.2, 0.25) is 0 Å². The fraction of sp³-hybridized carbons (Fsp3) is 0.250. The van der Waals surface area contributed by atoms with Crippen LogP contribution in [0.4, 0.5) is 10.1 Å². The number of rotatable bonds is 2. The minimum absolute atomic E-state index is 0.00944. The highest BCUT2D eigenvalue weighted by atomic mass is 19.1. The lowest BCUT2D eigenvalue weighted by atomic mass is 10.1. The molecule has 0 aromatic heterocycles. The molecule has 1 atom stereocenters. The van der Waals surface area contributed by atoms with E-state index in [1.165, 1.54) is 12.1 Å². The molecular formula is C8H11FN2O. The molecule has 0 aliphatic heterocycles. The van der Waals surface area contributed by atoms with Crippen molar-refractivity contribution in [1.82, 2.24) is 0 Å². The Bertz CT molecular complexity index is 278. The van der Waals surface area contributed by atoms with Crippen LogP contribution in [0, 0.1) is 0 Å². The number of hydrogen-bond donors (Lipinski definition) is 3. The first kappa shape index (κ1) is 8.80. The fourth-order valence-electron chi connectivity index (χ4n) is 0.893. The molecule has 0 saturated heterocycles. The van der Waals surface area contributed by atoms with Crippen molar-refractivity contribution in [2.24, 2.45) is 5.73 Å². The number of benzene rings is 1. The van der Waals surface area contributed by atoms with Crippen LogP contribution in [0.5, 0.6) is 5.75 Å². The van der Waals surface area contributed by atoms with Gasteiger partial charge in [0.05, 0.1) is 11.7 Å². The van der Waals surface area contributed by atoms with E-state index in [1.807, 2.05) is 0 Å². The summed E-state index contributed by atoms with van der Waals surface area (Å²) in [6, 6.07) is 3.77. The molecule has 4 heteroatoms. The third kappa shape index (κ3) is 1.65. The molecule has 0 radical (unpaired) electrons. The molecule has 1 rings (SSSR count). The first-order chi connectivity index (χ1) is 5.65. The second kappa shape index (κ2) is 3.40. The maximum Gasteiger partial charge on any atom is 0.138 e. The molecule has 0 spiro atoms. The second-order valence-electron chi connectivity index (χ2n) is 2.58. The largest absolute Gasteiger partial charge is 0.506 e. The minimum Gasteiger partial charge on any atom is -0.506 e. The Morgan fingerprint density at radius 3 is 2.67 bits per heavy atom. The van der Waals surface area contributed by atoms with Crippen molar-refractivity contribution < 1.29 is 9.50 Å². The number of halogens is 1. The summed E-state index contributed by atoms with van der Waals surface area (Å²) in [7, 11) is 0. The number of aromatic hydroxyl groups is 1. The number of phenolic OH excluding ortho intramolecular Hbond substituents is 1. The van der Waals surface area contributed by atoms with Crippen molar-refractivity contribution in [2.75, 3.05) is 12.4 Å². The van der Waals surface area contributed by atoms with E-state index in [1.54, 1.807) is 6.07 Å². The molecule has 12 heavy (non-hydrogen) atoms. The van der Waals surface area contributed by atoms with E-state index in [-0.39, 0.29) is 11.4 Å². The third-order valence-electron chi connectivity index (χ3n) is 1.65. The quantitative estimate of drug-likeness (QED) is 0.457. The van der Waals surface area contributed by atoms with E-state index >= 15 is 0 Å². The predicted octanol–water partition coefficient (Wildman–Crippen LogP) is 0.944. The van der Waals surface area contributed by atoms with Crippen LogP contribution < -0.4 is 11.5 Å². The summed E-state index contributed by atoms with van der Waals surface area (Å²) in [5, 5.41) is 9.04. The maximum atomic E-state index is 12.1. The molecule has 0 bridgehead atoms. The van der Waals surface area contributed by atoms with E-state index < -0.39 is 12.7 Å². The van der Waals surface area contributed by atoms with E-state index in [4.69, 9.17) is 16.6 Å². The molecule has 66 valence electrons. The average Bonchev–Trinajstić information content (AvgIpc) is 2.08. The van der Waals surface area contributed by atoms with Crippen molar-refractivity contribution in [3.63, 3.8) is 0 Å². The Morgan fingerprint density at radius 1 is 1.50 bits per heavy atom. The van der Waals surface area contributed by atoms with E-state index in [9.17, 15) is 4.39 Å². The molecule has 0 fully saturated rings. The van der Waals surface area contributed by atoms with Crippen LogP contribution in [-0.2, 0) is 0 Å². The Balaban J connectivity index is 2.96. The topological polar surface area (TPSA) is 72.3 Å². The van der Waals surface area contributed by atoms with Crippen LogP contribution in [0.3, 0.4) is 0 Å². The number of alkyl halides is 1. The summed E-state index contributed by atoms with van der Waals surface area (Å²) in [4.78, 5) is 0. The van der Waals surface area contributed by atoms with Crippen molar-refractivity contribution in [3.05, 3.63) is 23.8 Å². The second-order valence-corrected chi connectivity index (χ2v) is 2.58. The number of nitrogens with two attached hydrogens (primary N) is 2. The SMILES string of the molecule is Nc1cc(C(N)CF)ccc1O. The first-order valence-corrected chi connectivity index (χ1v) is 3.55. The maximum absolute atomic E-state index is 12.1. The molecule has 0 aliphatic rings. The Hall–Kier alpha value is -1.29. The summed E-state index contributed by atoms with van der Waals surface area (Å²) in [5.41, 5.74) is 11.6. The highest BCUT2D eigenvalue weighted by Gasteiger charge is 2.06. The van der Waals surface area contributed by atoms with Crippen molar-refractivity contribution in [3.8, 4) is 5.75 Å². The molecule has 1 aromatic carbocycles. The average molecular weight is 170 g/mol. The van der Waals surface area contributed by atoms with Crippen LogP contribution in [0.15, 0.2) is 18.2 Å². The van der Waals surface area contributed by atoms with E-state index in [0.717, 1.165) is 0 Å². The lowest BCUT2D eigenvalue weighted by molar-refractivity contribution is 0.436. The Kier molecular flexibility index (Phi) is 2.50. The Labute approximate surface area is 69.8 Å². The van der Waals surface area contributed by atoms with Gasteiger partial charge in [0.25, 0.3) is 0 Å². The molecular weight excluding hydrogens is 159 g/mol. The minimum atomic E-state index is -0.659. The van der Waals surface area contributed by atoms with Gasteiger partial charge in [0.2, 0.25) is 0 Å².